The molecule has 1 unspecified atom stereocenters. The van der Waals surface area contributed by atoms with Gasteiger partial charge in [0.25, 0.3) is 5.56 Å². The highest BCUT2D eigenvalue weighted by Crippen LogP contribution is 2.36. The second-order valence-electron chi connectivity index (χ2n) is 6.79. The topological polar surface area (TPSA) is 113 Å². The third-order valence-electron chi connectivity index (χ3n) is 4.88. The third kappa shape index (κ3) is 3.09. The predicted octanol–water partition coefficient (Wildman–Crippen LogP) is 3.54. The van der Waals surface area contributed by atoms with Gasteiger partial charge in [0.05, 0.1) is 33.6 Å². The maximum atomic E-state index is 12.2. The van der Waals surface area contributed by atoms with Gasteiger partial charge in [-0.1, -0.05) is 29.8 Å². The fraction of sp³-hybridized carbons (Fsp3) is 0.143. The zero-order valence-corrected chi connectivity index (χ0v) is 16.5. The van der Waals surface area contributed by atoms with E-state index in [9.17, 15) is 10.1 Å². The number of nitrogens with one attached hydrogen (secondary N) is 1. The summed E-state index contributed by atoms with van der Waals surface area (Å²) < 4.78 is 1.70. The molecule has 0 amide bonds. The number of benzene rings is 2. The lowest BCUT2D eigenvalue weighted by atomic mass is 9.96. The number of rotatable bonds is 3. The van der Waals surface area contributed by atoms with Crippen LogP contribution in [0.2, 0.25) is 5.02 Å². The number of nitrogens with zero attached hydrogens (tertiary/aromatic N) is 4. The molecule has 0 fully saturated rings. The van der Waals surface area contributed by atoms with E-state index in [-0.39, 0.29) is 11.6 Å². The van der Waals surface area contributed by atoms with E-state index < -0.39 is 0 Å². The van der Waals surface area contributed by atoms with Gasteiger partial charge in [0.2, 0.25) is 0 Å². The molecule has 7 nitrogen and oxygen atoms in total. The Bertz CT molecular complexity index is 1350. The number of aromatic amines is 1. The lowest BCUT2D eigenvalue weighted by Gasteiger charge is -2.12. The van der Waals surface area contributed by atoms with Crippen molar-refractivity contribution in [3.8, 4) is 28.5 Å². The minimum atomic E-state index is -0.351. The van der Waals surface area contributed by atoms with E-state index in [1.165, 1.54) is 0 Å². The molecule has 8 heteroatoms. The van der Waals surface area contributed by atoms with Crippen LogP contribution in [0.4, 0.5) is 0 Å². The quantitative estimate of drug-likeness (QED) is 0.542. The number of nitrogens with two attached hydrogens (primary N) is 1. The van der Waals surface area contributed by atoms with E-state index in [1.807, 2.05) is 32.2 Å². The molecule has 0 saturated heterocycles. The van der Waals surface area contributed by atoms with Crippen LogP contribution in [0, 0.1) is 11.3 Å². The summed E-state index contributed by atoms with van der Waals surface area (Å²) in [6.07, 6.45) is 1.73. The third-order valence-corrected chi connectivity index (χ3v) is 5.19. The highest BCUT2D eigenvalue weighted by molar-refractivity contribution is 6.32. The highest BCUT2D eigenvalue weighted by Gasteiger charge is 2.19. The van der Waals surface area contributed by atoms with Crippen molar-refractivity contribution in [1.82, 2.24) is 20.0 Å². The van der Waals surface area contributed by atoms with Gasteiger partial charge in [-0.25, -0.2) is 5.10 Å². The Balaban J connectivity index is 2.00. The molecule has 2 aromatic carbocycles. The van der Waals surface area contributed by atoms with Crippen molar-refractivity contribution in [3.63, 3.8) is 0 Å². The lowest BCUT2D eigenvalue weighted by molar-refractivity contribution is 0.759. The number of halogens is 1. The minimum absolute atomic E-state index is 0.274. The Morgan fingerprint density at radius 2 is 2.03 bits per heavy atom. The first-order valence-electron chi connectivity index (χ1n) is 8.91. The van der Waals surface area contributed by atoms with Gasteiger partial charge in [-0.15, -0.1) is 0 Å². The van der Waals surface area contributed by atoms with Gasteiger partial charge in [0.1, 0.15) is 6.07 Å². The van der Waals surface area contributed by atoms with Gasteiger partial charge in [-0.2, -0.15) is 15.5 Å². The molecule has 2 aromatic heterocycles. The molecule has 2 heterocycles. The highest BCUT2D eigenvalue weighted by atomic mass is 35.5. The van der Waals surface area contributed by atoms with E-state index in [0.717, 1.165) is 16.8 Å². The fourth-order valence-corrected chi connectivity index (χ4v) is 3.72. The van der Waals surface area contributed by atoms with Gasteiger partial charge in [0, 0.05) is 29.6 Å². The van der Waals surface area contributed by atoms with E-state index in [0.29, 0.717) is 32.6 Å². The van der Waals surface area contributed by atoms with Crippen LogP contribution in [0.15, 0.2) is 47.4 Å². The number of aryl methyl sites for hydroxylation is 1. The molecule has 1 atom stereocenters. The molecule has 3 N–H and O–H groups in total. The van der Waals surface area contributed by atoms with Gasteiger partial charge in [0.15, 0.2) is 0 Å². The van der Waals surface area contributed by atoms with Gasteiger partial charge in [-0.3, -0.25) is 9.48 Å². The van der Waals surface area contributed by atoms with E-state index in [2.05, 4.69) is 21.4 Å². The molecule has 4 rings (SSSR count). The zero-order chi connectivity index (χ0) is 20.7. The largest absolute Gasteiger partial charge is 0.323 e. The average Bonchev–Trinajstić information content (AvgIpc) is 3.08. The molecule has 144 valence electrons. The normalized spacial score (nSPS) is 12.1. The molecule has 0 aliphatic heterocycles. The maximum Gasteiger partial charge on any atom is 0.272 e. The zero-order valence-electron chi connectivity index (χ0n) is 15.8. The summed E-state index contributed by atoms with van der Waals surface area (Å²) in [7, 11) is 1.81. The second-order valence-corrected chi connectivity index (χ2v) is 7.20. The Morgan fingerprint density at radius 1 is 1.24 bits per heavy atom. The molecule has 4 aromatic rings. The Labute approximate surface area is 171 Å². The van der Waals surface area contributed by atoms with Crippen molar-refractivity contribution in [3.05, 3.63) is 69.2 Å². The number of fused-ring (bicyclic) bond motifs is 1. The van der Waals surface area contributed by atoms with Crippen molar-refractivity contribution in [1.29, 1.82) is 5.26 Å². The Morgan fingerprint density at radius 3 is 2.76 bits per heavy atom. The molecule has 0 spiro atoms. The average molecular weight is 405 g/mol. The van der Waals surface area contributed by atoms with Crippen molar-refractivity contribution in [2.75, 3.05) is 0 Å². The molecule has 0 aliphatic carbocycles. The molecule has 0 saturated carbocycles. The predicted molar refractivity (Wildman–Crippen MR) is 112 cm³/mol. The van der Waals surface area contributed by atoms with Crippen LogP contribution in [0.1, 0.15) is 24.2 Å². The van der Waals surface area contributed by atoms with Crippen LogP contribution < -0.4 is 11.3 Å². The number of nitriles is 1. The van der Waals surface area contributed by atoms with Crippen molar-refractivity contribution in [2.45, 2.75) is 13.0 Å². The smallest absolute Gasteiger partial charge is 0.272 e. The summed E-state index contributed by atoms with van der Waals surface area (Å²) in [4.78, 5) is 12.2. The molecule has 0 bridgehead atoms. The molecule has 29 heavy (non-hydrogen) atoms. The van der Waals surface area contributed by atoms with Crippen molar-refractivity contribution < 1.29 is 0 Å². The van der Waals surface area contributed by atoms with E-state index in [1.54, 1.807) is 29.1 Å². The van der Waals surface area contributed by atoms with Crippen LogP contribution in [-0.4, -0.2) is 20.0 Å². The molecular formula is C21H17ClN6O. The van der Waals surface area contributed by atoms with E-state index >= 15 is 0 Å². The SMILES string of the molecule is CC(N)c1n[nH]c(=O)c2ccc(-c3cnn(C)c3-c3cccc(Cl)c3C#N)cc12. The maximum absolute atomic E-state index is 12.2. The molecular weight excluding hydrogens is 388 g/mol. The monoisotopic (exact) mass is 404 g/mol. The van der Waals surface area contributed by atoms with Crippen LogP contribution in [0.3, 0.4) is 0 Å². The number of hydrogen-bond donors (Lipinski definition) is 2. The van der Waals surface area contributed by atoms with Crippen LogP contribution >= 0.6 is 11.6 Å². The number of aromatic nitrogens is 4. The first-order chi connectivity index (χ1) is 13.9. The minimum Gasteiger partial charge on any atom is -0.323 e. The van der Waals surface area contributed by atoms with Crippen molar-refractivity contribution in [2.24, 2.45) is 12.8 Å². The second kappa shape index (κ2) is 7.17. The van der Waals surface area contributed by atoms with E-state index in [4.69, 9.17) is 17.3 Å². The summed E-state index contributed by atoms with van der Waals surface area (Å²) in [6, 6.07) is 12.6. The summed E-state index contributed by atoms with van der Waals surface area (Å²) in [5.74, 6) is 0. The summed E-state index contributed by atoms with van der Waals surface area (Å²) >= 11 is 6.24. The van der Waals surface area contributed by atoms with Gasteiger partial charge >= 0.3 is 0 Å². The van der Waals surface area contributed by atoms with Gasteiger partial charge < -0.3 is 5.73 Å². The Hall–Kier alpha value is -3.47. The number of H-pyrrole nitrogens is 1. The van der Waals surface area contributed by atoms with Crippen molar-refractivity contribution >= 4 is 22.4 Å². The van der Waals surface area contributed by atoms with Gasteiger partial charge in [-0.05, 0) is 30.7 Å². The van der Waals surface area contributed by atoms with Crippen LogP contribution in [0.5, 0.6) is 0 Å². The van der Waals surface area contributed by atoms with Crippen LogP contribution in [-0.2, 0) is 7.05 Å². The first kappa shape index (κ1) is 18.9. The first-order valence-corrected chi connectivity index (χ1v) is 9.29. The molecule has 0 aliphatic rings. The summed E-state index contributed by atoms with van der Waals surface area (Å²) in [5.41, 5.74) is 9.84. The standard InChI is InChI=1S/C21H17ClN6O/c1-11(24)19-15-8-12(6-7-14(15)21(29)27-26-19)17-10-25-28(2)20(17)13-4-3-5-18(22)16(13)9-23/h3-8,10-11H,24H2,1-2H3,(H,27,29). The lowest BCUT2D eigenvalue weighted by Crippen LogP contribution is -2.16. The fourth-order valence-electron chi connectivity index (χ4n) is 3.50. The summed E-state index contributed by atoms with van der Waals surface area (Å²) in [6.45, 7) is 1.81. The summed E-state index contributed by atoms with van der Waals surface area (Å²) in [5, 5.41) is 22.2. The molecule has 0 radical (unpaired) electrons. The Kier molecular flexibility index (Phi) is 4.66. The van der Waals surface area contributed by atoms with Crippen LogP contribution in [0.25, 0.3) is 33.2 Å². The number of hydrogen-bond acceptors (Lipinski definition) is 5.